The number of esters is 1. The average Bonchev–Trinajstić information content (AvgIpc) is 3.52. The van der Waals surface area contributed by atoms with Crippen LogP contribution >= 0.6 is 0 Å². The highest BCUT2D eigenvalue weighted by Gasteiger charge is 2.73. The molecular weight excluding hydrogens is 480 g/mol. The molecule has 0 aromatic rings. The number of rotatable bonds is 20. The van der Waals surface area contributed by atoms with Crippen LogP contribution in [0.5, 0.6) is 0 Å². The number of unbranched alkanes of at least 4 members (excludes halogenated alkanes) is 12. The van der Waals surface area contributed by atoms with Gasteiger partial charge in [-0.2, -0.15) is 0 Å². The lowest BCUT2D eigenvalue weighted by Gasteiger charge is -2.36. The third-order valence-corrected chi connectivity index (χ3v) is 9.02. The van der Waals surface area contributed by atoms with Crippen LogP contribution in [0, 0.1) is 5.41 Å². The summed E-state index contributed by atoms with van der Waals surface area (Å²) in [5.41, 5.74) is 2.36. The summed E-state index contributed by atoms with van der Waals surface area (Å²) in [6, 6.07) is 0. The van der Waals surface area contributed by atoms with Crippen LogP contribution < -0.4 is 0 Å². The number of hydrogen-bond donors (Lipinski definition) is 0. The summed E-state index contributed by atoms with van der Waals surface area (Å²) in [5.74, 6) is -0.0775. The molecule has 0 radical (unpaired) electrons. The Labute approximate surface area is 241 Å². The largest absolute Gasteiger partial charge is 0.461 e. The fourth-order valence-corrected chi connectivity index (χ4v) is 6.26. The first-order valence-corrected chi connectivity index (χ1v) is 16.2. The average molecular weight is 541 g/mol. The lowest BCUT2D eigenvalue weighted by atomic mass is 9.64. The minimum atomic E-state index is -0.121. The van der Waals surface area contributed by atoms with Gasteiger partial charge in [-0.15, -0.1) is 0 Å². The van der Waals surface area contributed by atoms with Gasteiger partial charge < -0.3 is 9.47 Å². The number of epoxide rings is 1. The SMILES string of the molecule is CCCCCCCCCCCCCCCC(=O)OC/C=C(C)/C=C/C=C(C)/C=C/C12OC1(C)CCCC2(C)C. The van der Waals surface area contributed by atoms with E-state index in [1.54, 1.807) is 0 Å². The van der Waals surface area contributed by atoms with Crippen molar-refractivity contribution >= 4 is 5.97 Å². The zero-order chi connectivity index (χ0) is 28.6. The van der Waals surface area contributed by atoms with Gasteiger partial charge in [0.1, 0.15) is 12.2 Å². The van der Waals surface area contributed by atoms with Crippen LogP contribution in [-0.2, 0) is 14.3 Å². The fourth-order valence-electron chi connectivity index (χ4n) is 6.26. The first-order valence-electron chi connectivity index (χ1n) is 16.2. The first-order chi connectivity index (χ1) is 18.7. The molecule has 2 fully saturated rings. The fraction of sp³-hybridized carbons (Fsp3) is 0.750. The number of carbonyl (C=O) groups is 1. The molecule has 39 heavy (non-hydrogen) atoms. The molecular formula is C36H60O3. The van der Waals surface area contributed by atoms with Crippen LogP contribution in [0.15, 0.2) is 47.6 Å². The summed E-state index contributed by atoms with van der Waals surface area (Å²) in [7, 11) is 0. The highest BCUT2D eigenvalue weighted by atomic mass is 16.6. The predicted octanol–water partition coefficient (Wildman–Crippen LogP) is 10.8. The highest BCUT2D eigenvalue weighted by molar-refractivity contribution is 5.69. The van der Waals surface area contributed by atoms with Gasteiger partial charge in [-0.1, -0.05) is 133 Å². The van der Waals surface area contributed by atoms with Crippen molar-refractivity contribution < 1.29 is 14.3 Å². The molecule has 0 aromatic carbocycles. The normalized spacial score (nSPS) is 24.9. The first kappa shape index (κ1) is 33.6. The Morgan fingerprint density at radius 2 is 1.38 bits per heavy atom. The predicted molar refractivity (Wildman–Crippen MR) is 167 cm³/mol. The molecule has 0 N–H and O–H groups in total. The van der Waals surface area contributed by atoms with Crippen molar-refractivity contribution in [1.29, 1.82) is 0 Å². The molecule has 2 rings (SSSR count). The van der Waals surface area contributed by atoms with E-state index >= 15 is 0 Å². The van der Waals surface area contributed by atoms with Crippen molar-refractivity contribution in [2.45, 2.75) is 162 Å². The molecule has 3 nitrogen and oxygen atoms in total. The van der Waals surface area contributed by atoms with Crippen LogP contribution in [0.4, 0.5) is 0 Å². The highest BCUT2D eigenvalue weighted by Crippen LogP contribution is 2.66. The van der Waals surface area contributed by atoms with Gasteiger partial charge in [0.25, 0.3) is 0 Å². The molecule has 1 heterocycles. The molecule has 0 amide bonds. The third-order valence-electron chi connectivity index (χ3n) is 9.02. The van der Waals surface area contributed by atoms with Crippen molar-refractivity contribution in [3.8, 4) is 0 Å². The van der Waals surface area contributed by atoms with Crippen molar-refractivity contribution in [3.63, 3.8) is 0 Å². The Balaban J connectivity index is 1.52. The summed E-state index contributed by atoms with van der Waals surface area (Å²) in [4.78, 5) is 12.0. The van der Waals surface area contributed by atoms with Gasteiger partial charge in [-0.25, -0.2) is 0 Å². The van der Waals surface area contributed by atoms with Gasteiger partial charge in [-0.3, -0.25) is 4.79 Å². The lowest BCUT2D eigenvalue weighted by Crippen LogP contribution is -2.41. The van der Waals surface area contributed by atoms with E-state index in [-0.39, 0.29) is 22.6 Å². The van der Waals surface area contributed by atoms with Crippen LogP contribution in [-0.4, -0.2) is 23.8 Å². The van der Waals surface area contributed by atoms with Crippen LogP contribution in [0.25, 0.3) is 0 Å². The minimum absolute atomic E-state index is 0.00477. The molecule has 0 spiro atoms. The summed E-state index contributed by atoms with van der Waals surface area (Å²) < 4.78 is 11.7. The maximum Gasteiger partial charge on any atom is 0.306 e. The summed E-state index contributed by atoms with van der Waals surface area (Å²) in [6.45, 7) is 13.7. The second-order valence-electron chi connectivity index (χ2n) is 13.0. The Morgan fingerprint density at radius 1 is 0.795 bits per heavy atom. The Morgan fingerprint density at radius 3 is 1.97 bits per heavy atom. The van der Waals surface area contributed by atoms with Gasteiger partial charge in [0.2, 0.25) is 0 Å². The van der Waals surface area contributed by atoms with E-state index < -0.39 is 0 Å². The smallest absolute Gasteiger partial charge is 0.306 e. The van der Waals surface area contributed by atoms with Gasteiger partial charge in [0, 0.05) is 11.8 Å². The number of fused-ring (bicyclic) bond motifs is 1. The number of allylic oxidation sites excluding steroid dienone is 6. The lowest BCUT2D eigenvalue weighted by molar-refractivity contribution is -0.142. The monoisotopic (exact) mass is 540 g/mol. The summed E-state index contributed by atoms with van der Waals surface area (Å²) in [6.07, 6.45) is 34.0. The van der Waals surface area contributed by atoms with Gasteiger partial charge in [-0.05, 0) is 58.6 Å². The Bertz CT molecular complexity index is 845. The number of hydrogen-bond acceptors (Lipinski definition) is 3. The van der Waals surface area contributed by atoms with Gasteiger partial charge in [0.15, 0.2) is 0 Å². The van der Waals surface area contributed by atoms with Crippen molar-refractivity contribution in [2.24, 2.45) is 5.41 Å². The molecule has 2 aliphatic rings. The quantitative estimate of drug-likeness (QED) is 0.0667. The van der Waals surface area contributed by atoms with Crippen LogP contribution in [0.3, 0.4) is 0 Å². The third kappa shape index (κ3) is 11.4. The summed E-state index contributed by atoms with van der Waals surface area (Å²) >= 11 is 0. The minimum Gasteiger partial charge on any atom is -0.461 e. The van der Waals surface area contributed by atoms with E-state index in [0.717, 1.165) is 24.8 Å². The molecule has 2 atom stereocenters. The van der Waals surface area contributed by atoms with Crippen molar-refractivity contribution in [1.82, 2.24) is 0 Å². The maximum absolute atomic E-state index is 12.0. The molecule has 3 heteroatoms. The second kappa shape index (κ2) is 17.3. The van der Waals surface area contributed by atoms with E-state index in [4.69, 9.17) is 9.47 Å². The van der Waals surface area contributed by atoms with Gasteiger partial charge >= 0.3 is 5.97 Å². The number of carbonyl (C=O) groups excluding carboxylic acids is 1. The molecule has 1 aliphatic heterocycles. The second-order valence-corrected chi connectivity index (χ2v) is 13.0. The van der Waals surface area contributed by atoms with E-state index in [0.29, 0.717) is 13.0 Å². The molecule has 1 aliphatic carbocycles. The zero-order valence-electron chi connectivity index (χ0n) is 26.4. The molecule has 0 bridgehead atoms. The summed E-state index contributed by atoms with van der Waals surface area (Å²) in [5, 5.41) is 0. The van der Waals surface area contributed by atoms with E-state index in [1.165, 1.54) is 89.0 Å². The van der Waals surface area contributed by atoms with Crippen molar-refractivity contribution in [2.75, 3.05) is 6.61 Å². The van der Waals surface area contributed by atoms with Crippen LogP contribution in [0.1, 0.15) is 151 Å². The standard InChI is InChI=1S/C36H60O3/c1-7-8-9-10-11-12-13-14-15-16-17-18-19-24-33(37)38-30-26-32(3)23-20-22-31(2)25-29-36-34(4,5)27-21-28-35(36,6)39-36/h20,22-23,25-26,29H,7-19,21,24,27-28,30H2,1-6H3/b23-20+,29-25+,31-22+,32-26+. The van der Waals surface area contributed by atoms with E-state index in [9.17, 15) is 4.79 Å². The molecule has 1 saturated carbocycles. The molecule has 2 unspecified atom stereocenters. The Kier molecular flexibility index (Phi) is 14.9. The van der Waals surface area contributed by atoms with E-state index in [2.05, 4.69) is 65.0 Å². The molecule has 222 valence electrons. The van der Waals surface area contributed by atoms with Gasteiger partial charge in [0.05, 0.1) is 5.60 Å². The molecule has 0 aromatic heterocycles. The van der Waals surface area contributed by atoms with Crippen LogP contribution in [0.2, 0.25) is 0 Å². The molecule has 1 saturated heterocycles. The topological polar surface area (TPSA) is 38.8 Å². The van der Waals surface area contributed by atoms with Crippen molar-refractivity contribution in [3.05, 3.63) is 47.6 Å². The van der Waals surface area contributed by atoms with E-state index in [1.807, 2.05) is 13.0 Å². The number of ether oxygens (including phenoxy) is 2. The maximum atomic E-state index is 12.0. The Hall–Kier alpha value is -1.61. The zero-order valence-corrected chi connectivity index (χ0v) is 26.4.